The first-order valence-corrected chi connectivity index (χ1v) is 7.34. The molecule has 1 fully saturated rings. The zero-order chi connectivity index (χ0) is 15.5. The summed E-state index contributed by atoms with van der Waals surface area (Å²) >= 11 is 0. The van der Waals surface area contributed by atoms with Gasteiger partial charge in [0.25, 0.3) is 5.56 Å². The number of carbonyl (C=O) groups excluding carboxylic acids is 1. The van der Waals surface area contributed by atoms with Gasteiger partial charge in [0.15, 0.2) is 0 Å². The molecule has 3 rings (SSSR count). The first-order chi connectivity index (χ1) is 10.6. The van der Waals surface area contributed by atoms with Crippen LogP contribution in [0.15, 0.2) is 29.1 Å². The number of hydrogen-bond acceptors (Lipinski definition) is 5. The minimum Gasteiger partial charge on any atom is -0.391 e. The largest absolute Gasteiger partial charge is 0.391 e. The zero-order valence-electron chi connectivity index (χ0n) is 12.0. The summed E-state index contributed by atoms with van der Waals surface area (Å²) < 4.78 is 0. The molecule has 2 aromatic rings. The SMILES string of the molecule is O=C(C[C@H]1NCCC[C@@H]1O)Nc1nc2ccccc2c(=O)[nH]1. The lowest BCUT2D eigenvalue weighted by Gasteiger charge is -2.28. The molecule has 0 unspecified atom stereocenters. The number of anilines is 1. The van der Waals surface area contributed by atoms with Crippen molar-refractivity contribution in [1.82, 2.24) is 15.3 Å². The van der Waals surface area contributed by atoms with E-state index in [2.05, 4.69) is 20.6 Å². The molecule has 1 aromatic carbocycles. The Morgan fingerprint density at radius 1 is 1.41 bits per heavy atom. The number of para-hydroxylation sites is 1. The quantitative estimate of drug-likeness (QED) is 0.655. The van der Waals surface area contributed by atoms with Gasteiger partial charge in [0.1, 0.15) is 0 Å². The highest BCUT2D eigenvalue weighted by molar-refractivity contribution is 5.90. The van der Waals surface area contributed by atoms with Crippen molar-refractivity contribution in [3.8, 4) is 0 Å². The van der Waals surface area contributed by atoms with Gasteiger partial charge in [0.2, 0.25) is 11.9 Å². The number of fused-ring (bicyclic) bond motifs is 1. The maximum atomic E-state index is 12.0. The molecule has 1 aliphatic heterocycles. The summed E-state index contributed by atoms with van der Waals surface area (Å²) in [4.78, 5) is 30.7. The monoisotopic (exact) mass is 302 g/mol. The number of benzene rings is 1. The second kappa shape index (κ2) is 6.25. The molecule has 7 nitrogen and oxygen atoms in total. The van der Waals surface area contributed by atoms with Crippen LogP contribution in [0.25, 0.3) is 10.9 Å². The number of aliphatic hydroxyl groups excluding tert-OH is 1. The Hall–Kier alpha value is -2.25. The molecule has 1 aliphatic rings. The number of rotatable bonds is 3. The molecule has 1 aromatic heterocycles. The summed E-state index contributed by atoms with van der Waals surface area (Å²) in [6.45, 7) is 0.792. The predicted octanol–water partition coefficient (Wildman–Crippen LogP) is 0.365. The second-order valence-corrected chi connectivity index (χ2v) is 5.45. The van der Waals surface area contributed by atoms with Crippen LogP contribution in [0.1, 0.15) is 19.3 Å². The van der Waals surface area contributed by atoms with Crippen molar-refractivity contribution in [3.63, 3.8) is 0 Å². The average Bonchev–Trinajstić information content (AvgIpc) is 2.49. The zero-order valence-corrected chi connectivity index (χ0v) is 12.0. The highest BCUT2D eigenvalue weighted by atomic mass is 16.3. The Bertz CT molecular complexity index is 743. The van der Waals surface area contributed by atoms with Crippen molar-refractivity contribution in [2.75, 3.05) is 11.9 Å². The fourth-order valence-electron chi connectivity index (χ4n) is 2.67. The molecule has 0 bridgehead atoms. The lowest BCUT2D eigenvalue weighted by Crippen LogP contribution is -2.46. The molecular weight excluding hydrogens is 284 g/mol. The van der Waals surface area contributed by atoms with E-state index in [-0.39, 0.29) is 29.9 Å². The molecule has 4 N–H and O–H groups in total. The van der Waals surface area contributed by atoms with Gasteiger partial charge in [0, 0.05) is 12.5 Å². The topological polar surface area (TPSA) is 107 Å². The number of H-pyrrole nitrogens is 1. The minimum absolute atomic E-state index is 0.124. The molecule has 2 heterocycles. The van der Waals surface area contributed by atoms with Crippen LogP contribution >= 0.6 is 0 Å². The van der Waals surface area contributed by atoms with Crippen LogP contribution in [0.5, 0.6) is 0 Å². The fraction of sp³-hybridized carbons (Fsp3) is 0.400. The van der Waals surface area contributed by atoms with Crippen molar-refractivity contribution in [1.29, 1.82) is 0 Å². The summed E-state index contributed by atoms with van der Waals surface area (Å²) in [7, 11) is 0. The van der Waals surface area contributed by atoms with Crippen LogP contribution in [-0.4, -0.2) is 39.7 Å². The highest BCUT2D eigenvalue weighted by Gasteiger charge is 2.25. The number of nitrogens with one attached hydrogen (secondary N) is 3. The number of aliphatic hydroxyl groups is 1. The normalized spacial score (nSPS) is 21.7. The molecule has 0 spiro atoms. The van der Waals surface area contributed by atoms with Gasteiger partial charge in [-0.2, -0.15) is 0 Å². The Kier molecular flexibility index (Phi) is 4.17. The third-order valence-corrected chi connectivity index (χ3v) is 3.82. The van der Waals surface area contributed by atoms with Crippen LogP contribution in [0.2, 0.25) is 0 Å². The number of hydrogen-bond donors (Lipinski definition) is 4. The highest BCUT2D eigenvalue weighted by Crippen LogP contribution is 2.13. The molecule has 1 saturated heterocycles. The van der Waals surface area contributed by atoms with Crippen LogP contribution in [0.4, 0.5) is 5.95 Å². The van der Waals surface area contributed by atoms with Gasteiger partial charge in [-0.1, -0.05) is 12.1 Å². The van der Waals surface area contributed by atoms with Crippen molar-refractivity contribution in [2.24, 2.45) is 0 Å². The van der Waals surface area contributed by atoms with E-state index in [0.717, 1.165) is 13.0 Å². The van der Waals surface area contributed by atoms with Crippen LogP contribution in [0.3, 0.4) is 0 Å². The van der Waals surface area contributed by atoms with E-state index in [1.807, 2.05) is 0 Å². The molecule has 0 saturated carbocycles. The van der Waals surface area contributed by atoms with Crippen molar-refractivity contribution >= 4 is 22.8 Å². The number of carbonyl (C=O) groups is 1. The van der Waals surface area contributed by atoms with Crippen molar-refractivity contribution in [2.45, 2.75) is 31.4 Å². The van der Waals surface area contributed by atoms with Gasteiger partial charge in [-0.3, -0.25) is 19.9 Å². The molecule has 0 radical (unpaired) electrons. The van der Waals surface area contributed by atoms with E-state index in [1.165, 1.54) is 0 Å². The summed E-state index contributed by atoms with van der Waals surface area (Å²) in [5, 5.41) is 16.0. The smallest absolute Gasteiger partial charge is 0.260 e. The lowest BCUT2D eigenvalue weighted by atomic mass is 9.98. The summed E-state index contributed by atoms with van der Waals surface area (Å²) in [5.41, 5.74) is 0.231. The third kappa shape index (κ3) is 3.15. The maximum absolute atomic E-state index is 12.0. The minimum atomic E-state index is -0.525. The predicted molar refractivity (Wildman–Crippen MR) is 82.6 cm³/mol. The van der Waals surface area contributed by atoms with E-state index in [4.69, 9.17) is 0 Å². The molecule has 22 heavy (non-hydrogen) atoms. The Morgan fingerprint density at radius 2 is 2.23 bits per heavy atom. The molecule has 2 atom stereocenters. The van der Waals surface area contributed by atoms with Crippen LogP contribution in [-0.2, 0) is 4.79 Å². The lowest BCUT2D eigenvalue weighted by molar-refractivity contribution is -0.117. The molecule has 0 aliphatic carbocycles. The average molecular weight is 302 g/mol. The number of aromatic amines is 1. The fourth-order valence-corrected chi connectivity index (χ4v) is 2.67. The van der Waals surface area contributed by atoms with E-state index in [1.54, 1.807) is 24.3 Å². The number of nitrogens with zero attached hydrogens (tertiary/aromatic N) is 1. The van der Waals surface area contributed by atoms with E-state index >= 15 is 0 Å². The standard InChI is InChI=1S/C15H18N4O3/c20-12-6-3-7-16-11(12)8-13(21)18-15-17-10-5-2-1-4-9(10)14(22)19-15/h1-2,4-5,11-12,16,20H,3,6-8H2,(H2,17,18,19,21,22)/t11-,12+/m1/s1. The van der Waals surface area contributed by atoms with E-state index in [0.29, 0.717) is 17.3 Å². The third-order valence-electron chi connectivity index (χ3n) is 3.82. The Labute approximate surface area is 126 Å². The molecule has 7 heteroatoms. The number of aromatic nitrogens is 2. The number of piperidine rings is 1. The Balaban J connectivity index is 1.72. The van der Waals surface area contributed by atoms with Crippen LogP contribution < -0.4 is 16.2 Å². The summed E-state index contributed by atoms with van der Waals surface area (Å²) in [5.74, 6) is -0.170. The summed E-state index contributed by atoms with van der Waals surface area (Å²) in [6.07, 6.45) is 1.20. The van der Waals surface area contributed by atoms with Gasteiger partial charge >= 0.3 is 0 Å². The van der Waals surface area contributed by atoms with E-state index < -0.39 is 6.10 Å². The molecular formula is C15H18N4O3. The molecule has 116 valence electrons. The van der Waals surface area contributed by atoms with Crippen molar-refractivity contribution < 1.29 is 9.90 Å². The van der Waals surface area contributed by atoms with Gasteiger partial charge in [-0.15, -0.1) is 0 Å². The molecule has 1 amide bonds. The second-order valence-electron chi connectivity index (χ2n) is 5.45. The first-order valence-electron chi connectivity index (χ1n) is 7.34. The first kappa shape index (κ1) is 14.7. The maximum Gasteiger partial charge on any atom is 0.260 e. The Morgan fingerprint density at radius 3 is 3.05 bits per heavy atom. The number of amides is 1. The van der Waals surface area contributed by atoms with Gasteiger partial charge in [-0.05, 0) is 31.5 Å². The van der Waals surface area contributed by atoms with E-state index in [9.17, 15) is 14.7 Å². The van der Waals surface area contributed by atoms with Gasteiger partial charge in [0.05, 0.1) is 17.0 Å². The summed E-state index contributed by atoms with van der Waals surface area (Å²) in [6, 6.07) is 6.67. The van der Waals surface area contributed by atoms with Gasteiger partial charge in [-0.25, -0.2) is 4.98 Å². The van der Waals surface area contributed by atoms with Crippen LogP contribution in [0, 0.1) is 0 Å². The van der Waals surface area contributed by atoms with Gasteiger partial charge < -0.3 is 10.4 Å². The van der Waals surface area contributed by atoms with Crippen molar-refractivity contribution in [3.05, 3.63) is 34.6 Å².